The van der Waals surface area contributed by atoms with E-state index in [9.17, 15) is 9.90 Å². The number of likely N-dealkylation sites (tertiary alicyclic amines) is 1. The van der Waals surface area contributed by atoms with E-state index in [-0.39, 0.29) is 11.8 Å². The molecule has 36 heavy (non-hydrogen) atoms. The third-order valence-corrected chi connectivity index (χ3v) is 7.97. The zero-order valence-corrected chi connectivity index (χ0v) is 21.5. The van der Waals surface area contributed by atoms with E-state index in [1.165, 1.54) is 5.56 Å². The number of hydrogen-bond donors (Lipinski definition) is 2. The summed E-state index contributed by atoms with van der Waals surface area (Å²) in [6, 6.07) is 10.2. The summed E-state index contributed by atoms with van der Waals surface area (Å²) in [5.41, 5.74) is 1.83. The van der Waals surface area contributed by atoms with Crippen molar-refractivity contribution in [2.45, 2.75) is 58.0 Å². The van der Waals surface area contributed by atoms with Crippen molar-refractivity contribution in [3.8, 4) is 11.4 Å². The van der Waals surface area contributed by atoms with Crippen molar-refractivity contribution in [3.05, 3.63) is 65.3 Å². The third-order valence-electron chi connectivity index (χ3n) is 7.97. The van der Waals surface area contributed by atoms with E-state index in [1.807, 2.05) is 23.1 Å². The van der Waals surface area contributed by atoms with Gasteiger partial charge in [0.2, 0.25) is 17.6 Å². The Kier molecular flexibility index (Phi) is 6.43. The van der Waals surface area contributed by atoms with Gasteiger partial charge in [0.25, 0.3) is 0 Å². The number of pyridine rings is 1. The molecule has 2 atom stereocenters. The molecule has 0 saturated carbocycles. The molecule has 1 amide bonds. The number of amides is 1. The van der Waals surface area contributed by atoms with E-state index in [4.69, 9.17) is 4.52 Å². The Morgan fingerprint density at radius 1 is 1.22 bits per heavy atom. The van der Waals surface area contributed by atoms with Crippen LogP contribution in [0.1, 0.15) is 75.0 Å². The van der Waals surface area contributed by atoms with Gasteiger partial charge in [0.1, 0.15) is 5.60 Å². The molecule has 5 rings (SSSR count). The van der Waals surface area contributed by atoms with Crippen LogP contribution >= 0.6 is 0 Å². The maximum Gasteiger partial charge on any atom is 0.231 e. The number of hydrogen-bond acceptors (Lipinski definition) is 7. The molecule has 2 saturated heterocycles. The van der Waals surface area contributed by atoms with Gasteiger partial charge in [0.15, 0.2) is 0 Å². The lowest BCUT2D eigenvalue weighted by Gasteiger charge is -2.52. The average molecular weight is 490 g/mol. The van der Waals surface area contributed by atoms with Crippen molar-refractivity contribution < 1.29 is 14.4 Å². The van der Waals surface area contributed by atoms with Crippen LogP contribution in [0.4, 0.5) is 0 Å². The SMILES string of the molecule is CC(=O)N1CCC[C@@H](c2nc(-c3cncc(C(O)(c4ccc(C(C)C)cc4)C4(C)CNC4)c3)no2)C1. The monoisotopic (exact) mass is 489 g/mol. The molecule has 1 unspecified atom stereocenters. The van der Waals surface area contributed by atoms with Gasteiger partial charge in [-0.25, -0.2) is 0 Å². The molecule has 1 aromatic carbocycles. The fourth-order valence-corrected chi connectivity index (χ4v) is 5.47. The summed E-state index contributed by atoms with van der Waals surface area (Å²) < 4.78 is 5.63. The molecular weight excluding hydrogens is 454 g/mol. The third kappa shape index (κ3) is 4.22. The van der Waals surface area contributed by atoms with Crippen LogP contribution in [0.2, 0.25) is 0 Å². The highest BCUT2D eigenvalue weighted by Gasteiger charge is 2.53. The molecule has 8 heteroatoms. The van der Waals surface area contributed by atoms with Crippen molar-refractivity contribution in [1.29, 1.82) is 0 Å². The van der Waals surface area contributed by atoms with Gasteiger partial charge in [0.05, 0.1) is 5.92 Å². The van der Waals surface area contributed by atoms with Crippen LogP contribution in [0.15, 0.2) is 47.2 Å². The number of nitrogens with zero attached hydrogens (tertiary/aromatic N) is 4. The van der Waals surface area contributed by atoms with Crippen LogP contribution in [0, 0.1) is 5.41 Å². The Labute approximate surface area is 212 Å². The highest BCUT2D eigenvalue weighted by Crippen LogP contribution is 2.48. The molecule has 2 aromatic heterocycles. The predicted octanol–water partition coefficient (Wildman–Crippen LogP) is 3.83. The Hall–Kier alpha value is -3.10. The number of carbonyl (C=O) groups excluding carboxylic acids is 1. The summed E-state index contributed by atoms with van der Waals surface area (Å²) in [4.78, 5) is 22.8. The molecule has 8 nitrogen and oxygen atoms in total. The van der Waals surface area contributed by atoms with E-state index in [0.29, 0.717) is 48.4 Å². The van der Waals surface area contributed by atoms with Crippen LogP contribution in [-0.2, 0) is 10.4 Å². The number of nitrogens with one attached hydrogen (secondary N) is 1. The zero-order valence-electron chi connectivity index (χ0n) is 21.5. The molecule has 0 bridgehead atoms. The minimum atomic E-state index is -1.24. The summed E-state index contributed by atoms with van der Waals surface area (Å²) in [6.45, 7) is 10.8. The summed E-state index contributed by atoms with van der Waals surface area (Å²) in [6.07, 6.45) is 5.25. The van der Waals surface area contributed by atoms with E-state index in [2.05, 4.69) is 53.3 Å². The van der Waals surface area contributed by atoms with Crippen molar-refractivity contribution in [2.75, 3.05) is 26.2 Å². The number of benzene rings is 1. The zero-order chi connectivity index (χ0) is 25.5. The number of piperidine rings is 1. The van der Waals surface area contributed by atoms with Crippen molar-refractivity contribution >= 4 is 5.91 Å². The average Bonchev–Trinajstić information content (AvgIpc) is 3.37. The van der Waals surface area contributed by atoms with Crippen molar-refractivity contribution in [2.24, 2.45) is 5.41 Å². The molecule has 0 aliphatic carbocycles. The molecule has 0 radical (unpaired) electrons. The normalized spacial score (nSPS) is 21.2. The summed E-state index contributed by atoms with van der Waals surface area (Å²) >= 11 is 0. The standard InChI is InChI=1S/C28H35N5O3/c1-18(2)20-7-9-23(10-8-20)28(35,27(4)16-30-17-27)24-12-22(13-29-14-24)25-31-26(36-32-25)21-6-5-11-33(15-21)19(3)34/h7-10,12-14,18,21,30,35H,5-6,11,15-17H2,1-4H3/t21-,28?/m1/s1. The topological polar surface area (TPSA) is 104 Å². The molecule has 2 N–H and O–H groups in total. The lowest BCUT2D eigenvalue weighted by Crippen LogP contribution is -2.63. The van der Waals surface area contributed by atoms with Crippen LogP contribution < -0.4 is 5.32 Å². The van der Waals surface area contributed by atoms with E-state index in [0.717, 1.165) is 24.9 Å². The second kappa shape index (κ2) is 9.41. The Morgan fingerprint density at radius 3 is 2.61 bits per heavy atom. The molecular formula is C28H35N5O3. The molecule has 4 heterocycles. The maximum absolute atomic E-state index is 12.3. The molecule has 0 spiro atoms. The van der Waals surface area contributed by atoms with Gasteiger partial charge in [-0.05, 0) is 36.0 Å². The predicted molar refractivity (Wildman–Crippen MR) is 136 cm³/mol. The molecule has 190 valence electrons. The minimum Gasteiger partial charge on any atom is -0.380 e. The first kappa shape index (κ1) is 24.6. The van der Waals surface area contributed by atoms with Gasteiger partial charge in [0, 0.05) is 62.0 Å². The van der Waals surface area contributed by atoms with Gasteiger partial charge >= 0.3 is 0 Å². The number of carbonyl (C=O) groups is 1. The highest BCUT2D eigenvalue weighted by atomic mass is 16.5. The van der Waals surface area contributed by atoms with Crippen LogP contribution in [0.3, 0.4) is 0 Å². The first-order chi connectivity index (χ1) is 17.2. The first-order valence-corrected chi connectivity index (χ1v) is 12.8. The first-order valence-electron chi connectivity index (χ1n) is 12.8. The van der Waals surface area contributed by atoms with Crippen LogP contribution in [0.25, 0.3) is 11.4 Å². The highest BCUT2D eigenvalue weighted by molar-refractivity contribution is 5.73. The Balaban J connectivity index is 1.48. The molecule has 2 aliphatic heterocycles. The lowest BCUT2D eigenvalue weighted by molar-refractivity contribution is -0.130. The molecule has 2 fully saturated rings. The Bertz CT molecular complexity index is 1230. The van der Waals surface area contributed by atoms with E-state index >= 15 is 0 Å². The van der Waals surface area contributed by atoms with Gasteiger partial charge in [-0.2, -0.15) is 4.98 Å². The molecule has 3 aromatic rings. The van der Waals surface area contributed by atoms with E-state index in [1.54, 1.807) is 19.3 Å². The van der Waals surface area contributed by atoms with Crippen molar-refractivity contribution in [3.63, 3.8) is 0 Å². The second-order valence-electron chi connectivity index (χ2n) is 10.9. The van der Waals surface area contributed by atoms with Crippen molar-refractivity contribution in [1.82, 2.24) is 25.3 Å². The Morgan fingerprint density at radius 2 is 1.97 bits per heavy atom. The van der Waals surface area contributed by atoms with Gasteiger partial charge in [-0.1, -0.05) is 50.2 Å². The summed E-state index contributed by atoms with van der Waals surface area (Å²) in [7, 11) is 0. The van der Waals surface area contributed by atoms with Gasteiger partial charge < -0.3 is 19.8 Å². The number of rotatable bonds is 6. The molecule has 2 aliphatic rings. The smallest absolute Gasteiger partial charge is 0.231 e. The fraction of sp³-hybridized carbons (Fsp3) is 0.500. The lowest BCUT2D eigenvalue weighted by atomic mass is 9.63. The largest absolute Gasteiger partial charge is 0.380 e. The van der Waals surface area contributed by atoms with Gasteiger partial charge in [-0.3, -0.25) is 9.78 Å². The quantitative estimate of drug-likeness (QED) is 0.542. The van der Waals surface area contributed by atoms with Gasteiger partial charge in [-0.15, -0.1) is 0 Å². The minimum absolute atomic E-state index is 0.0245. The second-order valence-corrected chi connectivity index (χ2v) is 10.9. The van der Waals surface area contributed by atoms with Crippen LogP contribution in [0.5, 0.6) is 0 Å². The van der Waals surface area contributed by atoms with E-state index < -0.39 is 11.0 Å². The maximum atomic E-state index is 12.3. The summed E-state index contributed by atoms with van der Waals surface area (Å²) in [5, 5.41) is 19.9. The summed E-state index contributed by atoms with van der Waals surface area (Å²) in [5.74, 6) is 1.48. The van der Waals surface area contributed by atoms with Crippen LogP contribution in [-0.4, -0.2) is 57.2 Å². The number of aromatic nitrogens is 3. The number of aliphatic hydroxyl groups is 1. The fourth-order valence-electron chi connectivity index (χ4n) is 5.47.